The third kappa shape index (κ3) is 7.74. The predicted octanol–water partition coefficient (Wildman–Crippen LogP) is 5.09. The predicted molar refractivity (Wildman–Crippen MR) is 153 cm³/mol. The van der Waals surface area contributed by atoms with E-state index >= 15 is 0 Å². The lowest BCUT2D eigenvalue weighted by Crippen LogP contribution is -2.56. The highest BCUT2D eigenvalue weighted by Crippen LogP contribution is 2.39. The number of nitrogens with zero attached hydrogens (tertiary/aromatic N) is 3. The van der Waals surface area contributed by atoms with Crippen LogP contribution in [0, 0.1) is 6.92 Å². The zero-order valence-electron chi connectivity index (χ0n) is 24.2. The van der Waals surface area contributed by atoms with Crippen molar-refractivity contribution >= 4 is 5.97 Å². The van der Waals surface area contributed by atoms with Gasteiger partial charge in [0, 0.05) is 51.7 Å². The third-order valence-corrected chi connectivity index (χ3v) is 7.67. The van der Waals surface area contributed by atoms with Gasteiger partial charge in [0.15, 0.2) is 5.60 Å². The fourth-order valence-electron chi connectivity index (χ4n) is 5.14. The zero-order valence-corrected chi connectivity index (χ0v) is 24.2. The number of alkyl halides is 3. The first kappa shape index (κ1) is 31.6. The number of hydrogen-bond donors (Lipinski definition) is 1. The van der Waals surface area contributed by atoms with E-state index in [1.54, 1.807) is 24.5 Å². The van der Waals surface area contributed by atoms with Crippen LogP contribution in [0.3, 0.4) is 0 Å². The Morgan fingerprint density at radius 2 is 1.71 bits per heavy atom. The average molecular weight is 586 g/mol. The number of aryl methyl sites for hydroxylation is 1. The van der Waals surface area contributed by atoms with Gasteiger partial charge < -0.3 is 14.6 Å². The van der Waals surface area contributed by atoms with Crippen LogP contribution in [0.2, 0.25) is 0 Å². The van der Waals surface area contributed by atoms with Gasteiger partial charge >= 0.3 is 12.1 Å². The van der Waals surface area contributed by atoms with E-state index < -0.39 is 17.8 Å². The number of halogens is 3. The maximum Gasteiger partial charge on any atom is 0.421 e. The fraction of sp³-hybridized carbons (Fsp3) is 0.438. The topological polar surface area (TPSA) is 75.1 Å². The van der Waals surface area contributed by atoms with E-state index in [2.05, 4.69) is 20.9 Å². The van der Waals surface area contributed by atoms with Crippen molar-refractivity contribution in [3.63, 3.8) is 0 Å². The van der Waals surface area contributed by atoms with Crippen LogP contribution in [-0.4, -0.2) is 77.5 Å². The van der Waals surface area contributed by atoms with Crippen molar-refractivity contribution in [2.75, 3.05) is 39.5 Å². The number of aromatic nitrogens is 1. The van der Waals surface area contributed by atoms with Gasteiger partial charge in [0.05, 0.1) is 6.61 Å². The Morgan fingerprint density at radius 3 is 2.36 bits per heavy atom. The molecule has 4 rings (SSSR count). The second kappa shape index (κ2) is 13.8. The van der Waals surface area contributed by atoms with Crippen molar-refractivity contribution in [2.45, 2.75) is 51.7 Å². The van der Waals surface area contributed by atoms with E-state index in [0.29, 0.717) is 39.4 Å². The number of hydrogen-bond acceptors (Lipinski definition) is 7. The molecular weight excluding hydrogens is 547 g/mol. The number of esters is 1. The maximum absolute atomic E-state index is 13.2. The minimum absolute atomic E-state index is 0.206. The van der Waals surface area contributed by atoms with E-state index in [-0.39, 0.29) is 18.1 Å². The molecule has 2 unspecified atom stereocenters. The minimum atomic E-state index is -4.77. The molecule has 0 aliphatic carbocycles. The van der Waals surface area contributed by atoms with Gasteiger partial charge in [-0.25, -0.2) is 0 Å². The number of benzene rings is 2. The van der Waals surface area contributed by atoms with Crippen molar-refractivity contribution in [1.82, 2.24) is 14.8 Å². The Bertz CT molecular complexity index is 1320. The molecule has 10 heteroatoms. The molecule has 0 radical (unpaired) electrons. The van der Waals surface area contributed by atoms with Crippen LogP contribution < -0.4 is 0 Å². The van der Waals surface area contributed by atoms with Crippen molar-refractivity contribution in [3.05, 3.63) is 89.2 Å². The third-order valence-electron chi connectivity index (χ3n) is 7.67. The van der Waals surface area contributed by atoms with E-state index in [1.807, 2.05) is 38.1 Å². The highest BCUT2D eigenvalue weighted by Gasteiger charge is 2.51. The largest absolute Gasteiger partial charge is 0.462 e. The molecule has 7 nitrogen and oxygen atoms in total. The van der Waals surface area contributed by atoms with Crippen molar-refractivity contribution < 1.29 is 32.5 Å². The number of ether oxygens (including phenoxy) is 2. The summed E-state index contributed by atoms with van der Waals surface area (Å²) in [4.78, 5) is 21.6. The van der Waals surface area contributed by atoms with Crippen molar-refractivity contribution in [1.29, 1.82) is 0 Å². The van der Waals surface area contributed by atoms with Gasteiger partial charge in [0.25, 0.3) is 0 Å². The fourth-order valence-corrected chi connectivity index (χ4v) is 5.14. The SMILES string of the molecule is CCOCCOC(=O)C1CN(Cc2ccc(-c3ccc(C(C)(O)C(F)(F)F)cc3)c(C)c2)CCN1Cc1ccncc1. The Kier molecular flexibility index (Phi) is 10.4. The Balaban J connectivity index is 1.44. The van der Waals surface area contributed by atoms with Crippen LogP contribution in [0.4, 0.5) is 13.2 Å². The lowest BCUT2D eigenvalue weighted by molar-refractivity contribution is -0.258. The first-order valence-electron chi connectivity index (χ1n) is 14.1. The maximum atomic E-state index is 13.2. The van der Waals surface area contributed by atoms with E-state index in [0.717, 1.165) is 41.3 Å². The van der Waals surface area contributed by atoms with Crippen LogP contribution >= 0.6 is 0 Å². The minimum Gasteiger partial charge on any atom is -0.462 e. The van der Waals surface area contributed by atoms with Crippen LogP contribution in [0.15, 0.2) is 67.0 Å². The van der Waals surface area contributed by atoms with Crippen LogP contribution in [0.25, 0.3) is 11.1 Å². The van der Waals surface area contributed by atoms with Crippen LogP contribution in [0.1, 0.15) is 36.1 Å². The number of aliphatic hydroxyl groups is 1. The molecule has 0 bridgehead atoms. The van der Waals surface area contributed by atoms with Crippen LogP contribution in [-0.2, 0) is 33.0 Å². The van der Waals surface area contributed by atoms with E-state index in [1.165, 1.54) is 12.1 Å². The summed E-state index contributed by atoms with van der Waals surface area (Å²) < 4.78 is 50.6. The molecule has 1 aliphatic rings. The molecule has 2 atom stereocenters. The van der Waals surface area contributed by atoms with Crippen molar-refractivity contribution in [3.8, 4) is 11.1 Å². The van der Waals surface area contributed by atoms with Gasteiger partial charge in [0.1, 0.15) is 12.6 Å². The van der Waals surface area contributed by atoms with Gasteiger partial charge in [-0.2, -0.15) is 13.2 Å². The lowest BCUT2D eigenvalue weighted by Gasteiger charge is -2.40. The zero-order chi connectivity index (χ0) is 30.3. The van der Waals surface area contributed by atoms with E-state index in [4.69, 9.17) is 9.47 Å². The highest BCUT2D eigenvalue weighted by molar-refractivity contribution is 5.76. The number of piperazine rings is 1. The molecule has 0 saturated carbocycles. The van der Waals surface area contributed by atoms with Gasteiger partial charge in [-0.1, -0.05) is 42.5 Å². The molecule has 1 fully saturated rings. The first-order valence-corrected chi connectivity index (χ1v) is 14.1. The quantitative estimate of drug-likeness (QED) is 0.248. The first-order chi connectivity index (χ1) is 20.0. The Labute approximate surface area is 244 Å². The summed E-state index contributed by atoms with van der Waals surface area (Å²) in [5.41, 5.74) is 1.66. The van der Waals surface area contributed by atoms with Gasteiger partial charge in [0.2, 0.25) is 0 Å². The molecule has 2 aromatic carbocycles. The van der Waals surface area contributed by atoms with Crippen LogP contribution in [0.5, 0.6) is 0 Å². The molecule has 1 N–H and O–H groups in total. The number of carbonyl (C=O) groups excluding carboxylic acids is 1. The molecular formula is C32H38F3N3O4. The monoisotopic (exact) mass is 585 g/mol. The molecule has 1 aliphatic heterocycles. The van der Waals surface area contributed by atoms with Gasteiger partial charge in [-0.15, -0.1) is 0 Å². The molecule has 42 heavy (non-hydrogen) atoms. The second-order valence-corrected chi connectivity index (χ2v) is 10.7. The summed E-state index contributed by atoms with van der Waals surface area (Å²) in [6.07, 6.45) is -1.28. The van der Waals surface area contributed by atoms with E-state index in [9.17, 15) is 23.1 Å². The summed E-state index contributed by atoms with van der Waals surface area (Å²) in [7, 11) is 0. The normalized spacial score (nSPS) is 18.0. The average Bonchev–Trinajstić information content (AvgIpc) is 2.96. The summed E-state index contributed by atoms with van der Waals surface area (Å²) in [6.45, 7) is 8.98. The highest BCUT2D eigenvalue weighted by atomic mass is 19.4. The summed E-state index contributed by atoms with van der Waals surface area (Å²) in [6, 6.07) is 15.3. The molecule has 2 heterocycles. The lowest BCUT2D eigenvalue weighted by atomic mass is 9.92. The van der Waals surface area contributed by atoms with Gasteiger partial charge in [-0.3, -0.25) is 19.6 Å². The smallest absolute Gasteiger partial charge is 0.421 e. The summed E-state index contributed by atoms with van der Waals surface area (Å²) in [5.74, 6) is -0.270. The Morgan fingerprint density at radius 1 is 1.00 bits per heavy atom. The standard InChI is InChI=1S/C32H38F3N3O4/c1-4-41-17-18-42-30(39)29-22-37(15-16-38(29)21-24-11-13-36-14-12-24)20-25-5-10-28(23(2)19-25)26-6-8-27(9-7-26)31(3,40)32(33,34)35/h5-14,19,29,40H,4,15-18,20-22H2,1-3H3. The molecule has 0 spiro atoms. The number of rotatable bonds is 11. The van der Waals surface area contributed by atoms with Crippen molar-refractivity contribution in [2.24, 2.45) is 0 Å². The van der Waals surface area contributed by atoms with Gasteiger partial charge in [-0.05, 0) is 66.3 Å². The number of pyridine rings is 1. The molecule has 226 valence electrons. The molecule has 1 saturated heterocycles. The molecule has 0 amide bonds. The Hall–Kier alpha value is -3.31. The summed E-state index contributed by atoms with van der Waals surface area (Å²) >= 11 is 0. The summed E-state index contributed by atoms with van der Waals surface area (Å²) in [5, 5.41) is 9.97. The number of carbonyl (C=O) groups is 1. The molecule has 3 aromatic rings. The molecule has 1 aromatic heterocycles. The second-order valence-electron chi connectivity index (χ2n) is 10.7.